The van der Waals surface area contributed by atoms with E-state index in [0.29, 0.717) is 18.0 Å². The van der Waals surface area contributed by atoms with E-state index in [9.17, 15) is 4.79 Å². The zero-order valence-electron chi connectivity index (χ0n) is 19.0. The van der Waals surface area contributed by atoms with Gasteiger partial charge >= 0.3 is 0 Å². The number of anilines is 1. The molecule has 1 amide bonds. The van der Waals surface area contributed by atoms with Gasteiger partial charge in [-0.1, -0.05) is 24.3 Å². The van der Waals surface area contributed by atoms with E-state index in [1.807, 2.05) is 31.2 Å². The highest BCUT2D eigenvalue weighted by Gasteiger charge is 2.22. The first-order valence-electron chi connectivity index (χ1n) is 11.1. The fourth-order valence-electron chi connectivity index (χ4n) is 4.08. The average Bonchev–Trinajstić information content (AvgIpc) is 3.33. The molecule has 1 aliphatic heterocycles. The van der Waals surface area contributed by atoms with E-state index in [2.05, 4.69) is 51.4 Å². The van der Waals surface area contributed by atoms with Gasteiger partial charge < -0.3 is 15.0 Å². The minimum Gasteiger partial charge on any atom is -0.494 e. The number of carbonyl (C=O) groups is 1. The van der Waals surface area contributed by atoms with E-state index in [0.717, 1.165) is 37.4 Å². The van der Waals surface area contributed by atoms with E-state index in [1.165, 1.54) is 5.69 Å². The van der Waals surface area contributed by atoms with Crippen LogP contribution in [0, 0.1) is 6.92 Å². The van der Waals surface area contributed by atoms with Crippen LogP contribution in [0.5, 0.6) is 5.75 Å². The number of amides is 1. The van der Waals surface area contributed by atoms with Crippen molar-refractivity contribution in [3.8, 4) is 11.4 Å². The summed E-state index contributed by atoms with van der Waals surface area (Å²) < 4.78 is 7.12. The quantitative estimate of drug-likeness (QED) is 0.620. The van der Waals surface area contributed by atoms with Gasteiger partial charge in [-0.3, -0.25) is 9.69 Å². The van der Waals surface area contributed by atoms with Crippen LogP contribution >= 0.6 is 0 Å². The van der Waals surface area contributed by atoms with Crippen LogP contribution in [0.15, 0.2) is 60.8 Å². The van der Waals surface area contributed by atoms with E-state index in [1.54, 1.807) is 24.1 Å². The molecule has 1 fully saturated rings. The van der Waals surface area contributed by atoms with Crippen LogP contribution in [-0.4, -0.2) is 66.5 Å². The summed E-state index contributed by atoms with van der Waals surface area (Å²) in [5.41, 5.74) is 3.59. The lowest BCUT2D eigenvalue weighted by Crippen LogP contribution is -2.52. The number of rotatable bonds is 7. The Balaban J connectivity index is 1.30. The molecular formula is C25H31N5O2. The van der Waals surface area contributed by atoms with Gasteiger partial charge in [0.2, 0.25) is 0 Å². The van der Waals surface area contributed by atoms with Crippen molar-refractivity contribution in [2.45, 2.75) is 19.9 Å². The Hall–Kier alpha value is -3.32. The molecule has 2 heterocycles. The highest BCUT2D eigenvalue weighted by molar-refractivity contribution is 5.92. The second-order valence-electron chi connectivity index (χ2n) is 8.24. The average molecular weight is 434 g/mol. The molecule has 1 aromatic heterocycles. The van der Waals surface area contributed by atoms with Crippen LogP contribution in [-0.2, 0) is 0 Å². The van der Waals surface area contributed by atoms with Gasteiger partial charge in [0.15, 0.2) is 5.69 Å². The minimum absolute atomic E-state index is 0.162. The largest absolute Gasteiger partial charge is 0.494 e. The molecule has 1 atom stereocenters. The van der Waals surface area contributed by atoms with Crippen LogP contribution in [0.3, 0.4) is 0 Å². The molecule has 2 aromatic carbocycles. The highest BCUT2D eigenvalue weighted by Crippen LogP contribution is 2.23. The van der Waals surface area contributed by atoms with Crippen molar-refractivity contribution in [1.82, 2.24) is 20.0 Å². The molecular weight excluding hydrogens is 402 g/mol. The Kier molecular flexibility index (Phi) is 6.75. The lowest BCUT2D eigenvalue weighted by atomic mass is 10.2. The first-order chi connectivity index (χ1) is 15.5. The molecule has 3 aromatic rings. The van der Waals surface area contributed by atoms with Gasteiger partial charge in [-0.25, -0.2) is 4.68 Å². The Morgan fingerprint density at radius 2 is 1.84 bits per heavy atom. The summed E-state index contributed by atoms with van der Waals surface area (Å²) in [6.45, 7) is 8.71. The van der Waals surface area contributed by atoms with Crippen molar-refractivity contribution < 1.29 is 9.53 Å². The molecule has 0 radical (unpaired) electrons. The molecule has 7 nitrogen and oxygen atoms in total. The number of methoxy groups -OCH3 is 1. The summed E-state index contributed by atoms with van der Waals surface area (Å²) in [5.74, 6) is 0.555. The van der Waals surface area contributed by atoms with E-state index in [-0.39, 0.29) is 11.9 Å². The van der Waals surface area contributed by atoms with E-state index in [4.69, 9.17) is 4.74 Å². The molecule has 0 saturated carbocycles. The van der Waals surface area contributed by atoms with Crippen molar-refractivity contribution in [1.29, 1.82) is 0 Å². The molecule has 0 spiro atoms. The number of aryl methyl sites for hydroxylation is 1. The molecule has 1 N–H and O–H groups in total. The van der Waals surface area contributed by atoms with Crippen molar-refractivity contribution >= 4 is 11.6 Å². The fourth-order valence-corrected chi connectivity index (χ4v) is 4.08. The smallest absolute Gasteiger partial charge is 0.271 e. The summed E-state index contributed by atoms with van der Waals surface area (Å²) in [6, 6.07) is 18.4. The molecule has 168 valence electrons. The maximum Gasteiger partial charge on any atom is 0.271 e. The highest BCUT2D eigenvalue weighted by atomic mass is 16.5. The lowest BCUT2D eigenvalue weighted by Gasteiger charge is -2.39. The van der Waals surface area contributed by atoms with Crippen molar-refractivity contribution in [3.05, 3.63) is 72.1 Å². The molecule has 4 rings (SSSR count). The second-order valence-corrected chi connectivity index (χ2v) is 8.24. The third kappa shape index (κ3) is 4.94. The predicted molar refractivity (Wildman–Crippen MR) is 127 cm³/mol. The fraction of sp³-hybridized carbons (Fsp3) is 0.360. The van der Waals surface area contributed by atoms with Gasteiger partial charge in [0.25, 0.3) is 5.91 Å². The molecule has 32 heavy (non-hydrogen) atoms. The molecule has 1 saturated heterocycles. The molecule has 0 bridgehead atoms. The first-order valence-corrected chi connectivity index (χ1v) is 11.1. The van der Waals surface area contributed by atoms with E-state index < -0.39 is 0 Å². The van der Waals surface area contributed by atoms with Gasteiger partial charge in [0.05, 0.1) is 7.11 Å². The number of benzene rings is 2. The summed E-state index contributed by atoms with van der Waals surface area (Å²) in [7, 11) is 1.63. The topological polar surface area (TPSA) is 62.6 Å². The van der Waals surface area contributed by atoms with Gasteiger partial charge in [-0.2, -0.15) is 5.10 Å². The van der Waals surface area contributed by atoms with Crippen LogP contribution in [0.4, 0.5) is 5.69 Å². The Morgan fingerprint density at radius 1 is 1.09 bits per heavy atom. The van der Waals surface area contributed by atoms with Crippen molar-refractivity contribution in [3.63, 3.8) is 0 Å². The third-order valence-corrected chi connectivity index (χ3v) is 6.02. The zero-order chi connectivity index (χ0) is 22.5. The normalized spacial score (nSPS) is 15.4. The molecule has 7 heteroatoms. The second kappa shape index (κ2) is 9.87. The summed E-state index contributed by atoms with van der Waals surface area (Å²) >= 11 is 0. The number of hydrogen-bond acceptors (Lipinski definition) is 5. The van der Waals surface area contributed by atoms with Gasteiger partial charge in [-0.05, 0) is 49.7 Å². The van der Waals surface area contributed by atoms with Crippen LogP contribution < -0.4 is 15.0 Å². The Bertz CT molecular complexity index is 1040. The number of hydrogen-bond donors (Lipinski definition) is 1. The van der Waals surface area contributed by atoms with Gasteiger partial charge in [0, 0.05) is 50.6 Å². The number of ether oxygens (including phenoxy) is 1. The predicted octanol–water partition coefficient (Wildman–Crippen LogP) is 3.13. The van der Waals surface area contributed by atoms with Gasteiger partial charge in [0.1, 0.15) is 11.4 Å². The Labute approximate surface area is 189 Å². The number of nitrogens with one attached hydrogen (secondary N) is 1. The van der Waals surface area contributed by atoms with Crippen LogP contribution in [0.2, 0.25) is 0 Å². The Morgan fingerprint density at radius 3 is 2.56 bits per heavy atom. The minimum atomic E-state index is -0.162. The lowest BCUT2D eigenvalue weighted by molar-refractivity contribution is 0.0929. The van der Waals surface area contributed by atoms with Crippen LogP contribution in [0.1, 0.15) is 23.0 Å². The zero-order valence-corrected chi connectivity index (χ0v) is 19.0. The molecule has 0 aliphatic carbocycles. The molecule has 1 aliphatic rings. The van der Waals surface area contributed by atoms with Crippen LogP contribution in [0.25, 0.3) is 5.69 Å². The third-order valence-electron chi connectivity index (χ3n) is 6.02. The number of aromatic nitrogens is 2. The molecule has 1 unspecified atom stereocenters. The summed E-state index contributed by atoms with van der Waals surface area (Å²) in [4.78, 5) is 17.5. The maximum atomic E-state index is 12.7. The number of carbonyl (C=O) groups excluding carboxylic acids is 1. The SMILES string of the molecule is COc1ccc(C)cc1-n1ccc(C(=O)NCC(C)N2CCN(c3ccccc3)CC2)n1. The van der Waals surface area contributed by atoms with Crippen molar-refractivity contribution in [2.75, 3.05) is 44.7 Å². The summed E-state index contributed by atoms with van der Waals surface area (Å²) in [6.07, 6.45) is 1.79. The number of para-hydroxylation sites is 1. The number of nitrogens with zero attached hydrogens (tertiary/aromatic N) is 4. The monoisotopic (exact) mass is 433 g/mol. The van der Waals surface area contributed by atoms with Crippen molar-refractivity contribution in [2.24, 2.45) is 0 Å². The maximum absolute atomic E-state index is 12.7. The number of piperazine rings is 1. The summed E-state index contributed by atoms with van der Waals surface area (Å²) in [5, 5.41) is 7.51. The van der Waals surface area contributed by atoms with Gasteiger partial charge in [-0.15, -0.1) is 0 Å². The first kappa shape index (κ1) is 21.9. The van der Waals surface area contributed by atoms with E-state index >= 15 is 0 Å². The standard InChI is InChI=1S/C25H31N5O2/c1-19-9-10-24(32-3)23(17-19)30-12-11-22(27-30)25(31)26-18-20(2)28-13-15-29(16-14-28)21-7-5-4-6-8-21/h4-12,17,20H,13-16,18H2,1-3H3,(H,26,31).